The number of carbonyl (C=O) groups is 2. The molecule has 0 aliphatic rings. The third-order valence-corrected chi connectivity index (χ3v) is 3.17. The van der Waals surface area contributed by atoms with Crippen LogP contribution in [0.15, 0.2) is 24.3 Å². The van der Waals surface area contributed by atoms with E-state index >= 15 is 0 Å². The topological polar surface area (TPSA) is 79.2 Å². The Hall–Kier alpha value is -2.06. The Morgan fingerprint density at radius 2 is 2.10 bits per heavy atom. The van der Waals surface area contributed by atoms with Crippen molar-refractivity contribution in [2.45, 2.75) is 19.4 Å². The van der Waals surface area contributed by atoms with Gasteiger partial charge < -0.3 is 10.1 Å². The van der Waals surface area contributed by atoms with E-state index in [9.17, 15) is 9.59 Å². The second kappa shape index (κ2) is 7.51. The van der Waals surface area contributed by atoms with Gasteiger partial charge in [-0.25, -0.2) is 4.79 Å². The van der Waals surface area contributed by atoms with Crippen LogP contribution >= 0.6 is 11.6 Å². The maximum Gasteiger partial charge on any atom is 0.328 e. The first-order valence-electron chi connectivity index (χ1n) is 6.01. The van der Waals surface area contributed by atoms with Gasteiger partial charge in [0.2, 0.25) is 0 Å². The van der Waals surface area contributed by atoms with Crippen molar-refractivity contribution in [3.05, 3.63) is 34.9 Å². The molecule has 20 heavy (non-hydrogen) atoms. The first-order valence-corrected chi connectivity index (χ1v) is 6.39. The Balaban J connectivity index is 2.90. The van der Waals surface area contributed by atoms with E-state index in [1.807, 2.05) is 6.07 Å². The minimum Gasteiger partial charge on any atom is -0.467 e. The summed E-state index contributed by atoms with van der Waals surface area (Å²) >= 11 is 5.93. The lowest BCUT2D eigenvalue weighted by Gasteiger charge is -2.21. The zero-order chi connectivity index (χ0) is 15.1. The fourth-order valence-corrected chi connectivity index (χ4v) is 1.91. The predicted molar refractivity (Wildman–Crippen MR) is 74.1 cm³/mol. The number of rotatable bonds is 5. The summed E-state index contributed by atoms with van der Waals surface area (Å²) in [5.41, 5.74) is 0.271. The summed E-state index contributed by atoms with van der Waals surface area (Å²) in [4.78, 5) is 23.8. The highest BCUT2D eigenvalue weighted by Gasteiger charge is 2.28. The van der Waals surface area contributed by atoms with Gasteiger partial charge in [0.25, 0.3) is 5.91 Å². The standard InChI is InChI=1S/C14H15ClN2O3/c1-9(7-8-16)12(14(19)20-2)17-13(18)10-5-3-4-6-11(10)15/h3-6,9,12H,7H2,1-2H3,(H,17,18)/t9-,12+/m0/s1. The van der Waals surface area contributed by atoms with Gasteiger partial charge in [0.05, 0.1) is 23.8 Å². The van der Waals surface area contributed by atoms with Gasteiger partial charge in [0.1, 0.15) is 6.04 Å². The summed E-state index contributed by atoms with van der Waals surface area (Å²) in [6.45, 7) is 1.69. The number of nitrogens with one attached hydrogen (secondary N) is 1. The van der Waals surface area contributed by atoms with Crippen LogP contribution in [0.1, 0.15) is 23.7 Å². The molecule has 0 radical (unpaired) electrons. The Bertz CT molecular complexity index is 539. The highest BCUT2D eigenvalue weighted by molar-refractivity contribution is 6.33. The third-order valence-electron chi connectivity index (χ3n) is 2.84. The third kappa shape index (κ3) is 3.97. The predicted octanol–water partition coefficient (Wildman–Crippen LogP) is 2.16. The van der Waals surface area contributed by atoms with Crippen LogP contribution < -0.4 is 5.32 Å². The molecule has 0 aliphatic carbocycles. The lowest BCUT2D eigenvalue weighted by Crippen LogP contribution is -2.45. The van der Waals surface area contributed by atoms with Gasteiger partial charge in [-0.1, -0.05) is 30.7 Å². The van der Waals surface area contributed by atoms with E-state index < -0.39 is 17.9 Å². The summed E-state index contributed by atoms with van der Waals surface area (Å²) in [6, 6.07) is 7.60. The molecule has 0 aromatic heterocycles. The lowest BCUT2D eigenvalue weighted by molar-refractivity contribution is -0.144. The van der Waals surface area contributed by atoms with Crippen molar-refractivity contribution in [3.63, 3.8) is 0 Å². The molecule has 1 amide bonds. The van der Waals surface area contributed by atoms with Crippen molar-refractivity contribution in [1.82, 2.24) is 5.32 Å². The smallest absolute Gasteiger partial charge is 0.328 e. The van der Waals surface area contributed by atoms with Gasteiger partial charge >= 0.3 is 5.97 Å². The summed E-state index contributed by atoms with van der Waals surface area (Å²) in [6.07, 6.45) is 0.128. The van der Waals surface area contributed by atoms with E-state index in [4.69, 9.17) is 16.9 Å². The molecule has 0 heterocycles. The number of nitrogens with zero attached hydrogens (tertiary/aromatic N) is 1. The number of hydrogen-bond donors (Lipinski definition) is 1. The zero-order valence-electron chi connectivity index (χ0n) is 11.2. The van der Waals surface area contributed by atoms with E-state index in [-0.39, 0.29) is 17.9 Å². The van der Waals surface area contributed by atoms with E-state index in [1.54, 1.807) is 31.2 Å². The molecule has 0 aliphatic heterocycles. The SMILES string of the molecule is COC(=O)[C@H](NC(=O)c1ccccc1Cl)[C@@H](C)CC#N. The molecule has 5 nitrogen and oxygen atoms in total. The van der Waals surface area contributed by atoms with Gasteiger partial charge in [-0.15, -0.1) is 0 Å². The Kier molecular flexibility index (Phi) is 6.01. The van der Waals surface area contributed by atoms with E-state index in [2.05, 4.69) is 10.1 Å². The molecule has 2 atom stereocenters. The number of amides is 1. The molecule has 1 N–H and O–H groups in total. The average molecular weight is 295 g/mol. The second-order valence-corrected chi connectivity index (χ2v) is 4.70. The summed E-state index contributed by atoms with van der Waals surface area (Å²) in [7, 11) is 1.23. The van der Waals surface area contributed by atoms with Gasteiger partial charge in [-0.3, -0.25) is 4.79 Å². The molecule has 0 unspecified atom stereocenters. The summed E-state index contributed by atoms with van der Waals surface area (Å²) < 4.78 is 4.65. The van der Waals surface area contributed by atoms with E-state index in [0.29, 0.717) is 5.02 Å². The summed E-state index contributed by atoms with van der Waals surface area (Å²) in [5, 5.41) is 11.6. The van der Waals surface area contributed by atoms with E-state index in [0.717, 1.165) is 0 Å². The van der Waals surface area contributed by atoms with Crippen LogP contribution in [0.2, 0.25) is 5.02 Å². The first-order chi connectivity index (χ1) is 9.51. The summed E-state index contributed by atoms with van der Waals surface area (Å²) in [5.74, 6) is -1.43. The highest BCUT2D eigenvalue weighted by Crippen LogP contribution is 2.16. The largest absolute Gasteiger partial charge is 0.467 e. The van der Waals surface area contributed by atoms with Crippen LogP contribution in [-0.4, -0.2) is 25.0 Å². The van der Waals surface area contributed by atoms with Crippen LogP contribution in [0.5, 0.6) is 0 Å². The van der Waals surface area contributed by atoms with Crippen molar-refractivity contribution in [1.29, 1.82) is 5.26 Å². The maximum absolute atomic E-state index is 12.1. The molecule has 0 saturated carbocycles. The lowest BCUT2D eigenvalue weighted by atomic mass is 9.98. The molecule has 6 heteroatoms. The van der Waals surface area contributed by atoms with Crippen molar-refractivity contribution in [2.24, 2.45) is 5.92 Å². The van der Waals surface area contributed by atoms with Crippen molar-refractivity contribution < 1.29 is 14.3 Å². The fraction of sp³-hybridized carbons (Fsp3) is 0.357. The van der Waals surface area contributed by atoms with Crippen LogP contribution in [-0.2, 0) is 9.53 Å². The molecule has 106 valence electrons. The number of benzene rings is 1. The zero-order valence-corrected chi connectivity index (χ0v) is 12.0. The number of hydrogen-bond acceptors (Lipinski definition) is 4. The molecular formula is C14H15ClN2O3. The minimum atomic E-state index is -0.886. The molecule has 0 bridgehead atoms. The molecule has 0 spiro atoms. The quantitative estimate of drug-likeness (QED) is 0.844. The number of esters is 1. The number of ether oxygens (including phenoxy) is 1. The molecule has 1 aromatic rings. The maximum atomic E-state index is 12.1. The van der Waals surface area contributed by atoms with Crippen LogP contribution in [0, 0.1) is 17.2 Å². The Morgan fingerprint density at radius 3 is 2.65 bits per heavy atom. The van der Waals surface area contributed by atoms with Gasteiger partial charge in [0.15, 0.2) is 0 Å². The molecule has 1 aromatic carbocycles. The fourth-order valence-electron chi connectivity index (χ4n) is 1.69. The second-order valence-electron chi connectivity index (χ2n) is 4.29. The normalized spacial score (nSPS) is 12.9. The average Bonchev–Trinajstić information content (AvgIpc) is 2.44. The van der Waals surface area contributed by atoms with Gasteiger partial charge in [-0.05, 0) is 12.1 Å². The van der Waals surface area contributed by atoms with Crippen molar-refractivity contribution in [2.75, 3.05) is 7.11 Å². The highest BCUT2D eigenvalue weighted by atomic mass is 35.5. The van der Waals surface area contributed by atoms with Crippen LogP contribution in [0.25, 0.3) is 0 Å². The van der Waals surface area contributed by atoms with Crippen LogP contribution in [0.3, 0.4) is 0 Å². The number of carbonyl (C=O) groups excluding carboxylic acids is 2. The first kappa shape index (κ1) is 16.0. The Labute approximate surface area is 122 Å². The number of halogens is 1. The number of methoxy groups -OCH3 is 1. The van der Waals surface area contributed by atoms with Gasteiger partial charge in [-0.2, -0.15) is 5.26 Å². The molecule has 1 rings (SSSR count). The molecule has 0 saturated heterocycles. The van der Waals surface area contributed by atoms with Crippen molar-refractivity contribution in [3.8, 4) is 6.07 Å². The van der Waals surface area contributed by atoms with E-state index in [1.165, 1.54) is 7.11 Å². The Morgan fingerprint density at radius 1 is 1.45 bits per heavy atom. The van der Waals surface area contributed by atoms with Crippen molar-refractivity contribution >= 4 is 23.5 Å². The van der Waals surface area contributed by atoms with Gasteiger partial charge in [0, 0.05) is 12.3 Å². The van der Waals surface area contributed by atoms with Crippen LogP contribution in [0.4, 0.5) is 0 Å². The monoisotopic (exact) mass is 294 g/mol. The minimum absolute atomic E-state index is 0.128. The molecule has 0 fully saturated rings. The number of nitriles is 1. The molecular weight excluding hydrogens is 280 g/mol.